The second kappa shape index (κ2) is 10.8. The van der Waals surface area contributed by atoms with E-state index in [2.05, 4.69) is 39.6 Å². The molecule has 128 valence electrons. The Morgan fingerprint density at radius 3 is 2.45 bits per heavy atom. The van der Waals surface area contributed by atoms with Gasteiger partial charge in [0.15, 0.2) is 11.8 Å². The summed E-state index contributed by atoms with van der Waals surface area (Å²) in [5.41, 5.74) is -0.127. The highest BCUT2D eigenvalue weighted by molar-refractivity contribution is 14.0. The Labute approximate surface area is 150 Å². The minimum atomic E-state index is -0.127. The molecule has 0 aliphatic rings. The molecule has 1 rings (SSSR count). The summed E-state index contributed by atoms with van der Waals surface area (Å²) in [7, 11) is 0. The highest BCUT2D eigenvalue weighted by Crippen LogP contribution is 2.19. The Bertz CT molecular complexity index is 439. The molecule has 0 unspecified atom stereocenters. The van der Waals surface area contributed by atoms with E-state index < -0.39 is 0 Å². The highest BCUT2D eigenvalue weighted by Gasteiger charge is 2.21. The van der Waals surface area contributed by atoms with Crippen molar-refractivity contribution in [3.63, 3.8) is 0 Å². The number of nitrogens with one attached hydrogen (secondary N) is 2. The third kappa shape index (κ3) is 7.95. The van der Waals surface area contributed by atoms with Crippen LogP contribution in [-0.4, -0.2) is 29.2 Å². The fraction of sp³-hybridized carbons (Fsp3) is 0.800. The molecule has 0 amide bonds. The number of guanidine groups is 1. The molecular formula is C15H30IN5O. The van der Waals surface area contributed by atoms with E-state index >= 15 is 0 Å². The lowest BCUT2D eigenvalue weighted by Gasteiger charge is -2.10. The number of rotatable bonds is 7. The summed E-state index contributed by atoms with van der Waals surface area (Å²) in [6.07, 6.45) is 3.59. The predicted octanol–water partition coefficient (Wildman–Crippen LogP) is 3.23. The molecule has 0 fully saturated rings. The van der Waals surface area contributed by atoms with E-state index in [1.54, 1.807) is 0 Å². The van der Waals surface area contributed by atoms with Gasteiger partial charge in [-0.2, -0.15) is 4.98 Å². The molecule has 7 heteroatoms. The number of hydrogen-bond acceptors (Lipinski definition) is 4. The van der Waals surface area contributed by atoms with Crippen LogP contribution in [0.4, 0.5) is 0 Å². The van der Waals surface area contributed by atoms with Crippen LogP contribution >= 0.6 is 24.0 Å². The Hall–Kier alpha value is -0.860. The molecule has 1 aromatic rings. The maximum atomic E-state index is 5.26. The van der Waals surface area contributed by atoms with E-state index in [0.717, 1.165) is 25.5 Å². The average Bonchev–Trinajstić information content (AvgIpc) is 2.89. The fourth-order valence-corrected chi connectivity index (χ4v) is 1.70. The first kappa shape index (κ1) is 21.1. The van der Waals surface area contributed by atoms with Crippen LogP contribution in [0.1, 0.15) is 65.6 Å². The third-order valence-corrected chi connectivity index (χ3v) is 2.91. The first-order valence-corrected chi connectivity index (χ1v) is 7.82. The second-order valence-electron chi connectivity index (χ2n) is 6.09. The molecule has 1 aromatic heterocycles. The topological polar surface area (TPSA) is 75.3 Å². The number of nitrogens with zero attached hydrogens (tertiary/aromatic N) is 3. The van der Waals surface area contributed by atoms with Crippen LogP contribution in [0, 0.1) is 0 Å². The number of unbranched alkanes of at least 4 members (excludes halogenated alkanes) is 2. The largest absolute Gasteiger partial charge is 0.357 e. The number of hydrogen-bond donors (Lipinski definition) is 2. The second-order valence-corrected chi connectivity index (χ2v) is 6.09. The summed E-state index contributed by atoms with van der Waals surface area (Å²) in [5, 5.41) is 10.5. The molecule has 22 heavy (non-hydrogen) atoms. The Balaban J connectivity index is 0.00000441. The third-order valence-electron chi connectivity index (χ3n) is 2.91. The first-order valence-electron chi connectivity index (χ1n) is 7.82. The van der Waals surface area contributed by atoms with Crippen LogP contribution in [0.2, 0.25) is 0 Å². The minimum absolute atomic E-state index is 0. The lowest BCUT2D eigenvalue weighted by Crippen LogP contribution is -2.37. The van der Waals surface area contributed by atoms with Crippen LogP contribution in [0.3, 0.4) is 0 Å². The summed E-state index contributed by atoms with van der Waals surface area (Å²) in [5.74, 6) is 2.06. The molecule has 0 atom stereocenters. The molecule has 6 nitrogen and oxygen atoms in total. The van der Waals surface area contributed by atoms with E-state index in [1.807, 2.05) is 20.8 Å². The van der Waals surface area contributed by atoms with Gasteiger partial charge in [-0.25, -0.2) is 4.99 Å². The van der Waals surface area contributed by atoms with Gasteiger partial charge >= 0.3 is 0 Å². The standard InChI is InChI=1S/C15H29N5O.HI/c1-6-8-9-10-17-14(16-7-2)18-11-12-19-13(21-20-12)15(3,4)5;/h6-11H2,1-5H3,(H2,16,17,18);1H. The van der Waals surface area contributed by atoms with Crippen LogP contribution < -0.4 is 10.6 Å². The lowest BCUT2D eigenvalue weighted by atomic mass is 9.97. The number of aliphatic imine (C=N–C) groups is 1. The van der Waals surface area contributed by atoms with Crippen molar-refractivity contribution in [3.05, 3.63) is 11.7 Å². The van der Waals surface area contributed by atoms with Gasteiger partial charge in [-0.3, -0.25) is 0 Å². The molecule has 0 saturated carbocycles. The van der Waals surface area contributed by atoms with Crippen LogP contribution in [0.5, 0.6) is 0 Å². The SMILES string of the molecule is CCCCCNC(=NCc1noc(C(C)(C)C)n1)NCC.I. The van der Waals surface area contributed by atoms with E-state index in [1.165, 1.54) is 12.8 Å². The van der Waals surface area contributed by atoms with Crippen molar-refractivity contribution in [1.29, 1.82) is 0 Å². The normalized spacial score (nSPS) is 12.0. The maximum Gasteiger partial charge on any atom is 0.232 e. The molecule has 0 aliphatic carbocycles. The van der Waals surface area contributed by atoms with Gasteiger partial charge in [0, 0.05) is 18.5 Å². The zero-order valence-corrected chi connectivity index (χ0v) is 16.7. The minimum Gasteiger partial charge on any atom is -0.357 e. The summed E-state index contributed by atoms with van der Waals surface area (Å²) in [4.78, 5) is 8.87. The zero-order chi connectivity index (χ0) is 15.7. The molecular weight excluding hydrogens is 393 g/mol. The van der Waals surface area contributed by atoms with Crippen molar-refractivity contribution in [2.75, 3.05) is 13.1 Å². The molecule has 1 heterocycles. The van der Waals surface area contributed by atoms with Crippen LogP contribution in [0.15, 0.2) is 9.52 Å². The van der Waals surface area contributed by atoms with Crippen LogP contribution in [0.25, 0.3) is 0 Å². The van der Waals surface area contributed by atoms with Crippen LogP contribution in [-0.2, 0) is 12.0 Å². The summed E-state index contributed by atoms with van der Waals surface area (Å²) < 4.78 is 5.26. The van der Waals surface area contributed by atoms with Crippen molar-refractivity contribution in [2.45, 2.75) is 65.8 Å². The molecule has 0 saturated heterocycles. The van der Waals surface area contributed by atoms with Gasteiger partial charge in [0.2, 0.25) is 5.89 Å². The van der Waals surface area contributed by atoms with Crippen molar-refractivity contribution < 1.29 is 4.52 Å². The molecule has 0 bridgehead atoms. The van der Waals surface area contributed by atoms with Crippen molar-refractivity contribution in [2.24, 2.45) is 4.99 Å². The highest BCUT2D eigenvalue weighted by atomic mass is 127. The zero-order valence-electron chi connectivity index (χ0n) is 14.4. The molecule has 0 aliphatic heterocycles. The molecule has 2 N–H and O–H groups in total. The Kier molecular flexibility index (Phi) is 10.4. The summed E-state index contributed by atoms with van der Waals surface area (Å²) >= 11 is 0. The maximum absolute atomic E-state index is 5.26. The summed E-state index contributed by atoms with van der Waals surface area (Å²) in [6, 6.07) is 0. The van der Waals surface area contributed by atoms with Gasteiger partial charge in [-0.15, -0.1) is 24.0 Å². The van der Waals surface area contributed by atoms with Gasteiger partial charge in [-0.1, -0.05) is 45.7 Å². The fourth-order valence-electron chi connectivity index (χ4n) is 1.70. The van der Waals surface area contributed by atoms with Gasteiger partial charge in [0.25, 0.3) is 0 Å². The monoisotopic (exact) mass is 423 g/mol. The van der Waals surface area contributed by atoms with E-state index in [0.29, 0.717) is 18.3 Å². The van der Waals surface area contributed by atoms with E-state index in [4.69, 9.17) is 4.52 Å². The average molecular weight is 423 g/mol. The summed E-state index contributed by atoms with van der Waals surface area (Å²) in [6.45, 7) is 12.6. The van der Waals surface area contributed by atoms with Crippen molar-refractivity contribution >= 4 is 29.9 Å². The Morgan fingerprint density at radius 2 is 1.91 bits per heavy atom. The van der Waals surface area contributed by atoms with E-state index in [9.17, 15) is 0 Å². The first-order chi connectivity index (χ1) is 9.97. The predicted molar refractivity (Wildman–Crippen MR) is 101 cm³/mol. The molecule has 0 radical (unpaired) electrons. The molecule has 0 spiro atoms. The van der Waals surface area contributed by atoms with Gasteiger partial charge in [-0.05, 0) is 13.3 Å². The Morgan fingerprint density at radius 1 is 1.18 bits per heavy atom. The lowest BCUT2D eigenvalue weighted by molar-refractivity contribution is 0.318. The smallest absolute Gasteiger partial charge is 0.232 e. The number of aromatic nitrogens is 2. The van der Waals surface area contributed by atoms with Gasteiger partial charge in [0.05, 0.1) is 0 Å². The quantitative estimate of drug-likeness (QED) is 0.305. The van der Waals surface area contributed by atoms with Gasteiger partial charge < -0.3 is 15.2 Å². The van der Waals surface area contributed by atoms with Gasteiger partial charge in [0.1, 0.15) is 6.54 Å². The number of halogens is 1. The van der Waals surface area contributed by atoms with Crippen molar-refractivity contribution in [1.82, 2.24) is 20.8 Å². The van der Waals surface area contributed by atoms with E-state index in [-0.39, 0.29) is 29.4 Å². The molecule has 0 aromatic carbocycles. The van der Waals surface area contributed by atoms with Crippen molar-refractivity contribution in [3.8, 4) is 0 Å².